The third-order valence-electron chi connectivity index (χ3n) is 7.34. The van der Waals surface area contributed by atoms with E-state index in [0.717, 1.165) is 25.7 Å². The van der Waals surface area contributed by atoms with Crippen LogP contribution in [-0.2, 0) is 31.2 Å². The number of halogens is 2. The van der Waals surface area contributed by atoms with E-state index in [-0.39, 0.29) is 24.8 Å². The first-order valence-corrected chi connectivity index (χ1v) is 30.1. The van der Waals surface area contributed by atoms with Crippen molar-refractivity contribution in [3.8, 4) is 0 Å². The monoisotopic (exact) mass is 754 g/mol. The van der Waals surface area contributed by atoms with Gasteiger partial charge in [0.2, 0.25) is 0 Å². The molecule has 3 aromatic rings. The quantitative estimate of drug-likeness (QED) is 0.325. The predicted octanol–water partition coefficient (Wildman–Crippen LogP) is 2.01. The number of hydrogen-bond acceptors (Lipinski definition) is 0. The van der Waals surface area contributed by atoms with Crippen LogP contribution in [0.1, 0.15) is 48.9 Å². The third kappa shape index (κ3) is 6.61. The van der Waals surface area contributed by atoms with Crippen LogP contribution in [0.3, 0.4) is 0 Å². The fraction of sp³-hybridized carbons (Fsp3) is 0.212. The predicted molar refractivity (Wildman–Crippen MR) is 151 cm³/mol. The van der Waals surface area contributed by atoms with E-state index >= 15 is 0 Å². The van der Waals surface area contributed by atoms with Gasteiger partial charge in [0, 0.05) is 0 Å². The molecule has 0 fully saturated rings. The summed E-state index contributed by atoms with van der Waals surface area (Å²) in [7, 11) is -1.48. The molecule has 4 heteroatoms. The Balaban J connectivity index is 0.00000190. The average Bonchev–Trinajstić information content (AvgIpc) is 3.60. The van der Waals surface area contributed by atoms with Crippen LogP contribution in [0.15, 0.2) is 110 Å². The van der Waals surface area contributed by atoms with Gasteiger partial charge in [-0.15, -0.1) is 0 Å². The summed E-state index contributed by atoms with van der Waals surface area (Å²) in [5.74, 6) is 2.69. The molecule has 0 aromatic heterocycles. The number of rotatable bonds is 7. The number of benzene rings is 3. The van der Waals surface area contributed by atoms with Crippen molar-refractivity contribution in [2.24, 2.45) is 0 Å². The summed E-state index contributed by atoms with van der Waals surface area (Å²) in [5.41, 5.74) is 8.89. The van der Waals surface area contributed by atoms with Crippen molar-refractivity contribution in [1.29, 1.82) is 0 Å². The van der Waals surface area contributed by atoms with Crippen LogP contribution in [0.4, 0.5) is 0 Å². The van der Waals surface area contributed by atoms with Crippen LogP contribution in [0.25, 0.3) is 11.1 Å². The van der Waals surface area contributed by atoms with Gasteiger partial charge >= 0.3 is 221 Å². The van der Waals surface area contributed by atoms with E-state index in [1.807, 2.05) is 6.66 Å². The van der Waals surface area contributed by atoms with E-state index < -0.39 is 28.4 Å². The molecule has 0 spiro atoms. The second-order valence-electron chi connectivity index (χ2n) is 9.47. The Labute approximate surface area is 244 Å². The van der Waals surface area contributed by atoms with Gasteiger partial charge in [-0.2, -0.15) is 0 Å². The molecule has 2 aliphatic rings. The maximum atomic E-state index is 2.69. The molecule has 0 unspecified atom stereocenters. The van der Waals surface area contributed by atoms with Crippen molar-refractivity contribution in [3.63, 3.8) is 0 Å². The zero-order valence-electron chi connectivity index (χ0n) is 21.9. The smallest absolute Gasteiger partial charge is 1.00 e. The summed E-state index contributed by atoms with van der Waals surface area (Å²) >= 11 is -2.37. The molecule has 0 amide bonds. The number of hydrogen-bond donors (Lipinski definition) is 0. The van der Waals surface area contributed by atoms with E-state index in [9.17, 15) is 0 Å². The standard InChI is InChI=1S/2C13H13.C7H8Ge.2ClH.Hf/c2*1-2-11-6-5-9-13(10-11)12-7-3-4-8-12;1-8-7-5-3-2-4-6-7;;;/h2*3,5-7,9-10H,2,4H2,1H3;2-6H,1H3;2*1H;/q;;;;;+2/p-2. The molecule has 0 N–H and O–H groups in total. The molecule has 5 rings (SSSR count). The zero-order valence-corrected chi connectivity index (χ0v) is 29.1. The fourth-order valence-corrected chi connectivity index (χ4v) is 50.1. The first-order chi connectivity index (χ1) is 17.2. The molecule has 0 atom stereocenters. The molecular weight excluding hydrogens is 718 g/mol. The Hall–Kier alpha value is -1.39. The molecule has 0 radical (unpaired) electrons. The third-order valence-corrected chi connectivity index (χ3v) is 48.9. The SMILES string of the molecule is CCc1cccc(C2=[C]([Hf+2]([C]3=C(c4cccc(CC)c4)C=CC3)=[Ge]([CH3])[c]3ccccc3)CC=C2)c1.[Cl-].[Cl-]. The largest absolute Gasteiger partial charge is 1.00 e. The van der Waals surface area contributed by atoms with Crippen molar-refractivity contribution in [2.45, 2.75) is 45.3 Å². The molecule has 0 nitrogen and oxygen atoms in total. The number of aryl methyl sites for hydroxylation is 2. The topological polar surface area (TPSA) is 0 Å². The summed E-state index contributed by atoms with van der Waals surface area (Å²) in [4.78, 5) is 0. The molecule has 0 heterocycles. The molecule has 0 saturated heterocycles. The van der Waals surface area contributed by atoms with Crippen molar-refractivity contribution >= 4 is 25.6 Å². The number of allylic oxidation sites excluding steroid dienone is 8. The van der Waals surface area contributed by atoms with E-state index in [2.05, 4.69) is 123 Å². The summed E-state index contributed by atoms with van der Waals surface area (Å²) in [6, 6.07) is 30.2. The molecule has 3 aromatic carbocycles. The molecular formula is C33H34Cl2GeHf. The van der Waals surface area contributed by atoms with Crippen molar-refractivity contribution in [3.05, 3.63) is 132 Å². The summed E-state index contributed by atoms with van der Waals surface area (Å²) in [5, 5.41) is 0. The Morgan fingerprint density at radius 1 is 0.649 bits per heavy atom. The Kier molecular flexibility index (Phi) is 11.5. The van der Waals surface area contributed by atoms with Gasteiger partial charge in [0.1, 0.15) is 0 Å². The summed E-state index contributed by atoms with van der Waals surface area (Å²) in [6.07, 6.45) is 14.3. The van der Waals surface area contributed by atoms with Gasteiger partial charge in [-0.1, -0.05) is 0 Å². The van der Waals surface area contributed by atoms with Crippen LogP contribution >= 0.6 is 0 Å². The first kappa shape index (κ1) is 30.2. The first-order valence-electron chi connectivity index (χ1n) is 12.9. The van der Waals surface area contributed by atoms with E-state index in [4.69, 9.17) is 0 Å². The van der Waals surface area contributed by atoms with Crippen molar-refractivity contribution in [1.82, 2.24) is 0 Å². The maximum Gasteiger partial charge on any atom is -1.00 e. The zero-order chi connectivity index (χ0) is 24.2. The molecule has 0 saturated carbocycles. The minimum Gasteiger partial charge on any atom is -1.00 e. The van der Waals surface area contributed by atoms with Gasteiger partial charge in [0.05, 0.1) is 0 Å². The normalized spacial score (nSPS) is 13.8. The van der Waals surface area contributed by atoms with Gasteiger partial charge in [-0.05, 0) is 0 Å². The van der Waals surface area contributed by atoms with Gasteiger partial charge in [0.25, 0.3) is 0 Å². The van der Waals surface area contributed by atoms with Crippen molar-refractivity contribution < 1.29 is 43.2 Å². The molecule has 0 bridgehead atoms. The fourth-order valence-electron chi connectivity index (χ4n) is 5.41. The Morgan fingerprint density at radius 2 is 1.14 bits per heavy atom. The minimum atomic E-state index is -2.37. The van der Waals surface area contributed by atoms with Crippen LogP contribution in [-0.4, -0.2) is 10.1 Å². The second-order valence-corrected chi connectivity index (χ2v) is 42.9. The Bertz CT molecular complexity index is 1330. The Morgan fingerprint density at radius 3 is 1.59 bits per heavy atom. The van der Waals surface area contributed by atoms with E-state index in [1.165, 1.54) is 22.3 Å². The molecule has 2 aliphatic carbocycles. The van der Waals surface area contributed by atoms with Gasteiger partial charge in [-0.3, -0.25) is 0 Å². The maximum absolute atomic E-state index is 2.69. The molecule has 188 valence electrons. The summed E-state index contributed by atoms with van der Waals surface area (Å²) < 4.78 is 5.39. The average molecular weight is 753 g/mol. The summed E-state index contributed by atoms with van der Waals surface area (Å²) in [6.45, 7) is 4.52. The van der Waals surface area contributed by atoms with E-state index in [0.29, 0.717) is 0 Å². The minimum absolute atomic E-state index is 0. The molecule has 37 heavy (non-hydrogen) atoms. The van der Waals surface area contributed by atoms with Gasteiger partial charge < -0.3 is 24.8 Å². The van der Waals surface area contributed by atoms with Gasteiger partial charge in [-0.25, -0.2) is 0 Å². The van der Waals surface area contributed by atoms with Crippen LogP contribution < -0.4 is 29.2 Å². The molecule has 0 aliphatic heterocycles. The second kappa shape index (κ2) is 14.1. The van der Waals surface area contributed by atoms with Crippen LogP contribution in [0.5, 0.6) is 0 Å². The van der Waals surface area contributed by atoms with Crippen LogP contribution in [0.2, 0.25) is 5.76 Å². The van der Waals surface area contributed by atoms with E-state index in [1.54, 1.807) is 15.5 Å². The van der Waals surface area contributed by atoms with Crippen LogP contribution in [0, 0.1) is 0 Å². The van der Waals surface area contributed by atoms with Gasteiger partial charge in [0.15, 0.2) is 0 Å². The van der Waals surface area contributed by atoms with Crippen molar-refractivity contribution in [2.75, 3.05) is 0 Å².